The normalized spacial score (nSPS) is 9.40. The number of Topliss-reactive ketones (excluding diaryl/α,β-unsaturated/α-hetero) is 1. The summed E-state index contributed by atoms with van der Waals surface area (Å²) in [5.74, 6) is -2.04. The Hall–Kier alpha value is -2.24. The van der Waals surface area contributed by atoms with Crippen molar-refractivity contribution >= 4 is 23.3 Å². The molecule has 0 spiro atoms. The summed E-state index contributed by atoms with van der Waals surface area (Å²) in [6, 6.07) is 1.34. The number of ketones is 1. The maximum absolute atomic E-state index is 11.0. The number of hydrogen-bond acceptors (Lipinski definition) is 4. The van der Waals surface area contributed by atoms with Crippen molar-refractivity contribution in [1.82, 2.24) is 4.98 Å². The number of nitrogens with two attached hydrogens (primary N) is 1. The highest BCUT2D eigenvalue weighted by atomic mass is 16.2. The largest absolute Gasteiger partial charge is 0.366 e. The molecule has 2 amide bonds. The van der Waals surface area contributed by atoms with Gasteiger partial charge in [0.05, 0.1) is 17.4 Å². The van der Waals surface area contributed by atoms with Crippen LogP contribution >= 0.6 is 0 Å². The minimum atomic E-state index is -0.765. The molecule has 0 saturated heterocycles. The zero-order chi connectivity index (χ0) is 11.4. The number of hydrogen-bond donors (Lipinski definition) is 2. The fourth-order valence-electron chi connectivity index (χ4n) is 0.862. The summed E-state index contributed by atoms with van der Waals surface area (Å²) in [6.07, 6.45) is 2.58. The van der Waals surface area contributed by atoms with Gasteiger partial charge >= 0.3 is 0 Å². The summed E-state index contributed by atoms with van der Waals surface area (Å²) in [6.45, 7) is 1.14. The second-order valence-electron chi connectivity index (χ2n) is 2.84. The number of rotatable bonds is 3. The zero-order valence-corrected chi connectivity index (χ0v) is 7.98. The van der Waals surface area contributed by atoms with Crippen LogP contribution in [0.4, 0.5) is 5.69 Å². The molecule has 6 heteroatoms. The van der Waals surface area contributed by atoms with Crippen LogP contribution in [-0.4, -0.2) is 22.6 Å². The lowest BCUT2D eigenvalue weighted by Crippen LogP contribution is -2.20. The number of carbonyl (C=O) groups excluding carboxylic acids is 3. The highest BCUT2D eigenvalue weighted by Gasteiger charge is 2.09. The van der Waals surface area contributed by atoms with E-state index >= 15 is 0 Å². The molecular weight excluding hydrogens is 198 g/mol. The number of pyridine rings is 1. The molecule has 0 atom stereocenters. The minimum absolute atomic E-state index is 0.163. The summed E-state index contributed by atoms with van der Waals surface area (Å²) in [4.78, 5) is 36.1. The van der Waals surface area contributed by atoms with Gasteiger partial charge in [0, 0.05) is 13.1 Å². The van der Waals surface area contributed by atoms with Crippen LogP contribution in [0.2, 0.25) is 0 Å². The fraction of sp³-hybridized carbons (Fsp3) is 0.111. The molecule has 1 heterocycles. The molecule has 0 saturated carbocycles. The number of nitrogens with one attached hydrogen (secondary N) is 1. The molecule has 0 unspecified atom stereocenters. The number of aromatic nitrogens is 1. The highest BCUT2D eigenvalue weighted by Crippen LogP contribution is 2.07. The standard InChI is InChI=1S/C9H9N3O3/c1-5(13)9(15)12-7-2-6(8(10)14)3-11-4-7/h2-4H,1H3,(H2,10,14)(H,12,15). The molecular formula is C9H9N3O3. The van der Waals surface area contributed by atoms with Crippen LogP contribution < -0.4 is 11.1 Å². The maximum atomic E-state index is 11.0. The summed E-state index contributed by atoms with van der Waals surface area (Å²) < 4.78 is 0. The summed E-state index contributed by atoms with van der Waals surface area (Å²) in [7, 11) is 0. The van der Waals surface area contributed by atoms with Gasteiger partial charge in [-0.3, -0.25) is 19.4 Å². The predicted octanol–water partition coefficient (Wildman–Crippen LogP) is -0.292. The second-order valence-corrected chi connectivity index (χ2v) is 2.84. The van der Waals surface area contributed by atoms with E-state index in [1.807, 2.05) is 0 Å². The van der Waals surface area contributed by atoms with Crippen LogP contribution in [0.3, 0.4) is 0 Å². The summed E-state index contributed by atoms with van der Waals surface area (Å²) >= 11 is 0. The van der Waals surface area contributed by atoms with Gasteiger partial charge in [-0.2, -0.15) is 0 Å². The van der Waals surface area contributed by atoms with E-state index in [2.05, 4.69) is 10.3 Å². The lowest BCUT2D eigenvalue weighted by Gasteiger charge is -2.02. The van der Waals surface area contributed by atoms with Crippen molar-refractivity contribution in [2.75, 3.05) is 5.32 Å². The number of primary amides is 1. The molecule has 0 aliphatic heterocycles. The van der Waals surface area contributed by atoms with Crippen LogP contribution in [0.5, 0.6) is 0 Å². The van der Waals surface area contributed by atoms with Gasteiger partial charge in [-0.25, -0.2) is 0 Å². The second kappa shape index (κ2) is 4.32. The van der Waals surface area contributed by atoms with Crippen molar-refractivity contribution < 1.29 is 14.4 Å². The summed E-state index contributed by atoms with van der Waals surface area (Å²) in [5.41, 5.74) is 5.43. The van der Waals surface area contributed by atoms with Gasteiger partial charge in [-0.05, 0) is 6.07 Å². The molecule has 1 aromatic rings. The molecule has 0 bridgehead atoms. The number of anilines is 1. The highest BCUT2D eigenvalue weighted by molar-refractivity contribution is 6.39. The fourth-order valence-corrected chi connectivity index (χ4v) is 0.862. The number of amides is 2. The van der Waals surface area contributed by atoms with Crippen molar-refractivity contribution in [2.45, 2.75) is 6.92 Å². The van der Waals surface area contributed by atoms with Crippen LogP contribution in [0.25, 0.3) is 0 Å². The molecule has 1 aromatic heterocycles. The minimum Gasteiger partial charge on any atom is -0.366 e. The van der Waals surface area contributed by atoms with E-state index in [1.165, 1.54) is 18.5 Å². The topological polar surface area (TPSA) is 102 Å². The Balaban J connectivity index is 2.87. The Kier molecular flexibility index (Phi) is 3.12. The van der Waals surface area contributed by atoms with Gasteiger partial charge < -0.3 is 11.1 Å². The first-order valence-electron chi connectivity index (χ1n) is 4.07. The van der Waals surface area contributed by atoms with Crippen LogP contribution in [-0.2, 0) is 9.59 Å². The first-order chi connectivity index (χ1) is 7.00. The Morgan fingerprint density at radius 2 is 2.00 bits per heavy atom. The zero-order valence-electron chi connectivity index (χ0n) is 7.98. The van der Waals surface area contributed by atoms with E-state index in [4.69, 9.17) is 5.73 Å². The Morgan fingerprint density at radius 1 is 1.33 bits per heavy atom. The quantitative estimate of drug-likeness (QED) is 0.664. The van der Waals surface area contributed by atoms with E-state index in [-0.39, 0.29) is 11.3 Å². The van der Waals surface area contributed by atoms with Gasteiger partial charge in [0.1, 0.15) is 0 Å². The third kappa shape index (κ3) is 2.87. The van der Waals surface area contributed by atoms with E-state index in [9.17, 15) is 14.4 Å². The van der Waals surface area contributed by atoms with E-state index in [0.717, 1.165) is 6.92 Å². The van der Waals surface area contributed by atoms with E-state index in [1.54, 1.807) is 0 Å². The molecule has 0 aliphatic rings. The number of carbonyl (C=O) groups is 3. The van der Waals surface area contributed by atoms with Gasteiger partial charge in [-0.1, -0.05) is 0 Å². The van der Waals surface area contributed by atoms with Crippen molar-refractivity contribution in [3.63, 3.8) is 0 Å². The molecule has 3 N–H and O–H groups in total. The van der Waals surface area contributed by atoms with Crippen LogP contribution in [0, 0.1) is 0 Å². The smallest absolute Gasteiger partial charge is 0.291 e. The molecule has 0 aliphatic carbocycles. The Labute approximate surface area is 85.5 Å². The SMILES string of the molecule is CC(=O)C(=O)Nc1cncc(C(N)=O)c1. The molecule has 0 aromatic carbocycles. The molecule has 78 valence electrons. The predicted molar refractivity (Wildman–Crippen MR) is 52.1 cm³/mol. The van der Waals surface area contributed by atoms with Crippen molar-refractivity contribution in [1.29, 1.82) is 0 Å². The summed E-state index contributed by atoms with van der Waals surface area (Å²) in [5, 5.41) is 2.28. The average Bonchev–Trinajstić information content (AvgIpc) is 2.18. The maximum Gasteiger partial charge on any atom is 0.291 e. The van der Waals surface area contributed by atoms with Crippen LogP contribution in [0.15, 0.2) is 18.5 Å². The van der Waals surface area contributed by atoms with Gasteiger partial charge in [0.15, 0.2) is 0 Å². The molecule has 0 radical (unpaired) electrons. The first kappa shape index (κ1) is 10.8. The van der Waals surface area contributed by atoms with Gasteiger partial charge in [0.2, 0.25) is 11.7 Å². The van der Waals surface area contributed by atoms with Crippen molar-refractivity contribution in [3.05, 3.63) is 24.0 Å². The molecule has 15 heavy (non-hydrogen) atoms. The van der Waals surface area contributed by atoms with E-state index < -0.39 is 17.6 Å². The lowest BCUT2D eigenvalue weighted by atomic mass is 10.2. The monoisotopic (exact) mass is 207 g/mol. The van der Waals surface area contributed by atoms with Gasteiger partial charge in [0.25, 0.3) is 5.91 Å². The first-order valence-corrected chi connectivity index (χ1v) is 4.07. The van der Waals surface area contributed by atoms with Crippen LogP contribution in [0.1, 0.15) is 17.3 Å². The van der Waals surface area contributed by atoms with Crippen molar-refractivity contribution in [2.24, 2.45) is 5.73 Å². The lowest BCUT2D eigenvalue weighted by molar-refractivity contribution is -0.133. The van der Waals surface area contributed by atoms with Crippen molar-refractivity contribution in [3.8, 4) is 0 Å². The third-order valence-corrected chi connectivity index (χ3v) is 1.60. The van der Waals surface area contributed by atoms with E-state index in [0.29, 0.717) is 0 Å². The molecule has 1 rings (SSSR count). The molecule has 6 nitrogen and oxygen atoms in total. The Bertz CT molecular complexity index is 428. The number of nitrogens with zero attached hydrogens (tertiary/aromatic N) is 1. The Morgan fingerprint density at radius 3 is 2.53 bits per heavy atom. The third-order valence-electron chi connectivity index (χ3n) is 1.60. The van der Waals surface area contributed by atoms with Gasteiger partial charge in [-0.15, -0.1) is 0 Å². The average molecular weight is 207 g/mol. The molecule has 0 fully saturated rings.